The fourth-order valence-corrected chi connectivity index (χ4v) is 1.53. The van der Waals surface area contributed by atoms with Gasteiger partial charge in [0.25, 0.3) is 0 Å². The predicted octanol–water partition coefficient (Wildman–Crippen LogP) is 1.65. The third kappa shape index (κ3) is 2.20. The van der Waals surface area contributed by atoms with E-state index in [0.717, 1.165) is 0 Å². The molecule has 1 aliphatic rings. The summed E-state index contributed by atoms with van der Waals surface area (Å²) in [5, 5.41) is 3.01. The summed E-state index contributed by atoms with van der Waals surface area (Å²) < 4.78 is 15.0. The van der Waals surface area contributed by atoms with Crippen LogP contribution in [0.5, 0.6) is 11.5 Å². The van der Waals surface area contributed by atoms with Crippen LogP contribution in [0, 0.1) is 0 Å². The molecule has 5 nitrogen and oxygen atoms in total. The average molecular weight is 244 g/mol. The molecule has 0 spiro atoms. The number of rotatable bonds is 3. The lowest BCUT2D eigenvalue weighted by molar-refractivity contribution is -0.119. The van der Waals surface area contributed by atoms with Crippen LogP contribution in [0.3, 0.4) is 0 Å². The molecule has 0 aromatic heterocycles. The molecule has 1 aliphatic heterocycles. The number of hydrogen-bond acceptors (Lipinski definition) is 4. The number of amides is 1. The van der Waals surface area contributed by atoms with Crippen molar-refractivity contribution in [1.82, 2.24) is 0 Å². The van der Waals surface area contributed by atoms with Gasteiger partial charge in [-0.15, -0.1) is 0 Å². The van der Waals surface area contributed by atoms with Gasteiger partial charge >= 0.3 is 0 Å². The number of anilines is 1. The van der Waals surface area contributed by atoms with E-state index in [1.807, 2.05) is 0 Å². The Kier molecular flexibility index (Phi) is 3.17. The Morgan fingerprint density at radius 1 is 1.50 bits per heavy atom. The van der Waals surface area contributed by atoms with Crippen LogP contribution < -0.4 is 14.8 Å². The molecule has 0 bridgehead atoms. The van der Waals surface area contributed by atoms with Gasteiger partial charge in [0.1, 0.15) is 6.61 Å². The molecule has 0 saturated heterocycles. The second kappa shape index (κ2) is 4.59. The van der Waals surface area contributed by atoms with E-state index >= 15 is 0 Å². The molecule has 1 heterocycles. The third-order valence-corrected chi connectivity index (χ3v) is 2.32. The van der Waals surface area contributed by atoms with Crippen molar-refractivity contribution >= 4 is 23.2 Å². The Labute approximate surface area is 97.2 Å². The molecule has 16 heavy (non-hydrogen) atoms. The summed E-state index contributed by atoms with van der Waals surface area (Å²) in [5.74, 6) is 0.870. The van der Waals surface area contributed by atoms with E-state index in [-0.39, 0.29) is 19.3 Å². The Morgan fingerprint density at radius 3 is 2.88 bits per heavy atom. The van der Waals surface area contributed by atoms with Crippen molar-refractivity contribution in [2.24, 2.45) is 0 Å². The molecular formula is C10H10ClNO4. The van der Waals surface area contributed by atoms with Gasteiger partial charge in [-0.1, -0.05) is 11.6 Å². The average Bonchev–Trinajstić information content (AvgIpc) is 2.65. The Morgan fingerprint density at radius 2 is 2.19 bits per heavy atom. The van der Waals surface area contributed by atoms with Crippen molar-refractivity contribution in [3.63, 3.8) is 0 Å². The van der Waals surface area contributed by atoms with Crippen LogP contribution in [-0.2, 0) is 9.53 Å². The van der Waals surface area contributed by atoms with E-state index in [4.69, 9.17) is 25.8 Å². The lowest BCUT2D eigenvalue weighted by atomic mass is 10.2. The molecule has 0 radical (unpaired) electrons. The number of carbonyl (C=O) groups excluding carboxylic acids is 1. The van der Waals surface area contributed by atoms with E-state index in [0.29, 0.717) is 22.2 Å². The van der Waals surface area contributed by atoms with Crippen LogP contribution in [0.4, 0.5) is 5.69 Å². The van der Waals surface area contributed by atoms with Crippen LogP contribution in [0.25, 0.3) is 0 Å². The minimum Gasteiger partial charge on any atom is -0.454 e. The van der Waals surface area contributed by atoms with Gasteiger partial charge < -0.3 is 19.5 Å². The van der Waals surface area contributed by atoms with Gasteiger partial charge in [-0.25, -0.2) is 0 Å². The molecule has 86 valence electrons. The molecule has 0 fully saturated rings. The molecule has 0 saturated carbocycles. The van der Waals surface area contributed by atoms with E-state index < -0.39 is 0 Å². The fraction of sp³-hybridized carbons (Fsp3) is 0.300. The number of ether oxygens (including phenoxy) is 3. The molecule has 0 atom stereocenters. The quantitative estimate of drug-likeness (QED) is 0.877. The molecule has 0 aliphatic carbocycles. The highest BCUT2D eigenvalue weighted by molar-refractivity contribution is 6.34. The summed E-state index contributed by atoms with van der Waals surface area (Å²) in [4.78, 5) is 11.3. The SMILES string of the molecule is COCC(=O)Nc1cc2c(cc1Cl)OCO2. The monoisotopic (exact) mass is 243 g/mol. The van der Waals surface area contributed by atoms with Gasteiger partial charge in [0.15, 0.2) is 11.5 Å². The van der Waals surface area contributed by atoms with Crippen molar-refractivity contribution < 1.29 is 19.0 Å². The van der Waals surface area contributed by atoms with Crippen LogP contribution in [0.2, 0.25) is 5.02 Å². The number of benzene rings is 1. The first-order valence-corrected chi connectivity index (χ1v) is 4.96. The minimum atomic E-state index is -0.275. The van der Waals surface area contributed by atoms with E-state index in [2.05, 4.69) is 5.32 Å². The summed E-state index contributed by atoms with van der Waals surface area (Å²) in [5.41, 5.74) is 0.480. The van der Waals surface area contributed by atoms with Gasteiger partial charge in [0.05, 0.1) is 10.7 Å². The summed E-state index contributed by atoms with van der Waals surface area (Å²) in [6.45, 7) is 0.145. The van der Waals surface area contributed by atoms with Crippen LogP contribution >= 0.6 is 11.6 Å². The third-order valence-electron chi connectivity index (χ3n) is 2.01. The molecule has 6 heteroatoms. The van der Waals surface area contributed by atoms with Gasteiger partial charge in [-0.2, -0.15) is 0 Å². The zero-order valence-electron chi connectivity index (χ0n) is 8.58. The number of fused-ring (bicyclic) bond motifs is 1. The number of halogens is 1. The summed E-state index contributed by atoms with van der Waals surface area (Å²) in [6, 6.07) is 3.23. The maximum Gasteiger partial charge on any atom is 0.250 e. The van der Waals surface area contributed by atoms with Crippen LogP contribution in [-0.4, -0.2) is 26.4 Å². The lowest BCUT2D eigenvalue weighted by Crippen LogP contribution is -2.17. The Hall–Kier alpha value is -1.46. The summed E-state index contributed by atoms with van der Waals surface area (Å²) in [6.07, 6.45) is 0. The normalized spacial score (nSPS) is 12.6. The summed E-state index contributed by atoms with van der Waals surface area (Å²) >= 11 is 5.96. The number of methoxy groups -OCH3 is 1. The standard InChI is InChI=1S/C10H10ClNO4/c1-14-4-10(13)12-7-3-9-8(2-6(7)11)15-5-16-9/h2-3H,4-5H2,1H3,(H,12,13). The van der Waals surface area contributed by atoms with Crippen LogP contribution in [0.1, 0.15) is 0 Å². The van der Waals surface area contributed by atoms with Crippen molar-refractivity contribution in [2.75, 3.05) is 25.8 Å². The molecule has 0 unspecified atom stereocenters. The highest BCUT2D eigenvalue weighted by atomic mass is 35.5. The zero-order valence-corrected chi connectivity index (χ0v) is 9.34. The van der Waals surface area contributed by atoms with Gasteiger partial charge in [0, 0.05) is 19.2 Å². The Bertz CT molecular complexity index is 422. The topological polar surface area (TPSA) is 56.8 Å². The predicted molar refractivity (Wildman–Crippen MR) is 58.1 cm³/mol. The first-order valence-electron chi connectivity index (χ1n) is 4.58. The first kappa shape index (κ1) is 11.0. The Balaban J connectivity index is 2.18. The van der Waals surface area contributed by atoms with Crippen molar-refractivity contribution in [3.05, 3.63) is 17.2 Å². The number of hydrogen-bond donors (Lipinski definition) is 1. The van der Waals surface area contributed by atoms with E-state index in [1.54, 1.807) is 12.1 Å². The highest BCUT2D eigenvalue weighted by Crippen LogP contribution is 2.39. The van der Waals surface area contributed by atoms with Crippen molar-refractivity contribution in [2.45, 2.75) is 0 Å². The van der Waals surface area contributed by atoms with Crippen LogP contribution in [0.15, 0.2) is 12.1 Å². The van der Waals surface area contributed by atoms with Gasteiger partial charge in [-0.3, -0.25) is 4.79 Å². The molecule has 1 aromatic rings. The first-order chi connectivity index (χ1) is 7.70. The van der Waals surface area contributed by atoms with E-state index in [1.165, 1.54) is 7.11 Å². The molecule has 2 rings (SSSR count). The lowest BCUT2D eigenvalue weighted by Gasteiger charge is -2.07. The second-order valence-corrected chi connectivity index (χ2v) is 3.57. The number of nitrogens with one attached hydrogen (secondary N) is 1. The van der Waals surface area contributed by atoms with Crippen molar-refractivity contribution in [1.29, 1.82) is 0 Å². The minimum absolute atomic E-state index is 0.0230. The maximum absolute atomic E-state index is 11.3. The molecular weight excluding hydrogens is 234 g/mol. The van der Waals surface area contributed by atoms with Gasteiger partial charge in [0.2, 0.25) is 12.7 Å². The summed E-state index contributed by atoms with van der Waals surface area (Å²) in [7, 11) is 1.45. The second-order valence-electron chi connectivity index (χ2n) is 3.17. The zero-order chi connectivity index (χ0) is 11.5. The molecule has 1 amide bonds. The smallest absolute Gasteiger partial charge is 0.250 e. The largest absolute Gasteiger partial charge is 0.454 e. The molecule has 1 aromatic carbocycles. The fourth-order valence-electron chi connectivity index (χ4n) is 1.33. The van der Waals surface area contributed by atoms with Crippen molar-refractivity contribution in [3.8, 4) is 11.5 Å². The van der Waals surface area contributed by atoms with Gasteiger partial charge in [-0.05, 0) is 0 Å². The maximum atomic E-state index is 11.3. The highest BCUT2D eigenvalue weighted by Gasteiger charge is 2.17. The number of carbonyl (C=O) groups is 1. The van der Waals surface area contributed by atoms with E-state index in [9.17, 15) is 4.79 Å². The molecule has 1 N–H and O–H groups in total.